The maximum Gasteiger partial charge on any atom is 0.319 e. The van der Waals surface area contributed by atoms with Crippen molar-refractivity contribution in [2.75, 3.05) is 33.9 Å². The fourth-order valence-electron chi connectivity index (χ4n) is 1.48. The third kappa shape index (κ3) is 5.11. The van der Waals surface area contributed by atoms with Gasteiger partial charge in [0.05, 0.1) is 27.3 Å². The number of hydrogen-bond acceptors (Lipinski definition) is 5. The number of rotatable bonds is 7. The van der Waals surface area contributed by atoms with Crippen molar-refractivity contribution in [3.05, 3.63) is 0 Å². The van der Waals surface area contributed by atoms with Crippen molar-refractivity contribution in [3.8, 4) is 0 Å². The van der Waals surface area contributed by atoms with Crippen LogP contribution < -0.4 is 0 Å². The smallest absolute Gasteiger partial charge is 0.319 e. The Morgan fingerprint density at radius 3 is 2.00 bits per heavy atom. The number of hydrogen-bond donors (Lipinski definition) is 0. The van der Waals surface area contributed by atoms with Crippen LogP contribution in [0.4, 0.5) is 0 Å². The third-order valence-corrected chi connectivity index (χ3v) is 2.71. The van der Waals surface area contributed by atoms with Crippen LogP contribution >= 0.6 is 0 Å². The molecule has 0 saturated heterocycles. The van der Waals surface area contributed by atoms with Crippen LogP contribution in [0.1, 0.15) is 19.3 Å². The molecule has 0 aliphatic heterocycles. The lowest BCUT2D eigenvalue weighted by molar-refractivity contribution is -0.145. The maximum atomic E-state index is 11.1. The van der Waals surface area contributed by atoms with E-state index in [0.29, 0.717) is 0 Å². The zero-order chi connectivity index (χ0) is 12.0. The quantitative estimate of drug-likeness (QED) is 0.593. The molecule has 0 radical (unpaired) electrons. The molecule has 1 aliphatic rings. The van der Waals surface area contributed by atoms with E-state index < -0.39 is 0 Å². The molecule has 1 rings (SSSR count). The highest BCUT2D eigenvalue weighted by molar-refractivity contribution is 5.74. The minimum absolute atomic E-state index is 0.151. The average molecular weight is 229 g/mol. The molecule has 1 fully saturated rings. The molecule has 0 unspecified atom stereocenters. The average Bonchev–Trinajstić information content (AvgIpc) is 3.09. The fourth-order valence-corrected chi connectivity index (χ4v) is 1.48. The Labute approximate surface area is 95.7 Å². The predicted molar refractivity (Wildman–Crippen MR) is 57.8 cm³/mol. The van der Waals surface area contributed by atoms with Crippen LogP contribution in [0.15, 0.2) is 0 Å². The van der Waals surface area contributed by atoms with Crippen LogP contribution in [0.25, 0.3) is 0 Å². The van der Waals surface area contributed by atoms with Gasteiger partial charge in [-0.15, -0.1) is 0 Å². The van der Waals surface area contributed by atoms with Gasteiger partial charge in [0.15, 0.2) is 0 Å². The van der Waals surface area contributed by atoms with Crippen LogP contribution in [-0.2, 0) is 19.1 Å². The second-order valence-corrected chi connectivity index (χ2v) is 4.09. The molecular formula is C11H19NO4. The van der Waals surface area contributed by atoms with Crippen molar-refractivity contribution >= 4 is 11.9 Å². The second kappa shape index (κ2) is 6.48. The summed E-state index contributed by atoms with van der Waals surface area (Å²) in [6.45, 7) is 1.05. The molecule has 0 aromatic heterocycles. The highest BCUT2D eigenvalue weighted by Crippen LogP contribution is 2.32. The molecule has 0 atom stereocenters. The lowest BCUT2D eigenvalue weighted by atomic mass is 10.2. The minimum atomic E-state index is -0.320. The number of nitrogens with zero attached hydrogens (tertiary/aromatic N) is 1. The van der Waals surface area contributed by atoms with E-state index in [-0.39, 0.29) is 25.0 Å². The number of carbonyl (C=O) groups is 2. The molecule has 5 nitrogen and oxygen atoms in total. The molecule has 0 amide bonds. The van der Waals surface area contributed by atoms with Gasteiger partial charge >= 0.3 is 11.9 Å². The lowest BCUT2D eigenvalue weighted by Gasteiger charge is -2.19. The molecule has 1 aliphatic carbocycles. The van der Waals surface area contributed by atoms with Gasteiger partial charge < -0.3 is 9.47 Å². The van der Waals surface area contributed by atoms with Gasteiger partial charge in [-0.2, -0.15) is 0 Å². The molecular weight excluding hydrogens is 210 g/mol. The van der Waals surface area contributed by atoms with Gasteiger partial charge in [-0.3, -0.25) is 14.5 Å². The van der Waals surface area contributed by atoms with Crippen LogP contribution in [0.3, 0.4) is 0 Å². The van der Waals surface area contributed by atoms with Crippen LogP contribution in [0.2, 0.25) is 0 Å². The van der Waals surface area contributed by atoms with E-state index in [4.69, 9.17) is 0 Å². The predicted octanol–water partition coefficient (Wildman–Crippen LogP) is 0.434. The summed E-state index contributed by atoms with van der Waals surface area (Å²) in [5.74, 6) is 0.136. The van der Waals surface area contributed by atoms with Crippen molar-refractivity contribution in [1.82, 2.24) is 4.90 Å². The first kappa shape index (κ1) is 13.0. The Morgan fingerprint density at radius 1 is 1.12 bits per heavy atom. The van der Waals surface area contributed by atoms with Crippen LogP contribution in [0, 0.1) is 5.92 Å². The topological polar surface area (TPSA) is 55.8 Å². The largest absolute Gasteiger partial charge is 0.468 e. The van der Waals surface area contributed by atoms with E-state index in [1.807, 2.05) is 0 Å². The Kier molecular flexibility index (Phi) is 5.25. The second-order valence-electron chi connectivity index (χ2n) is 4.09. The van der Waals surface area contributed by atoms with E-state index in [1.165, 1.54) is 27.1 Å². The van der Waals surface area contributed by atoms with Crippen molar-refractivity contribution in [2.45, 2.75) is 19.3 Å². The number of methoxy groups -OCH3 is 2. The minimum Gasteiger partial charge on any atom is -0.468 e. The normalized spacial score (nSPS) is 14.9. The van der Waals surface area contributed by atoms with Crippen LogP contribution in [-0.4, -0.2) is 50.7 Å². The SMILES string of the molecule is COC(=O)CN(CCC1CC1)CC(=O)OC. The van der Waals surface area contributed by atoms with Gasteiger partial charge in [0, 0.05) is 0 Å². The molecule has 1 saturated carbocycles. The molecule has 0 N–H and O–H groups in total. The zero-order valence-corrected chi connectivity index (χ0v) is 9.90. The van der Waals surface area contributed by atoms with E-state index in [0.717, 1.165) is 18.9 Å². The highest BCUT2D eigenvalue weighted by atomic mass is 16.5. The Hall–Kier alpha value is -1.10. The third-order valence-electron chi connectivity index (χ3n) is 2.71. The summed E-state index contributed by atoms with van der Waals surface area (Å²) in [6, 6.07) is 0. The van der Waals surface area contributed by atoms with Gasteiger partial charge in [0.2, 0.25) is 0 Å². The summed E-state index contributed by atoms with van der Waals surface area (Å²) in [5.41, 5.74) is 0. The first-order chi connectivity index (χ1) is 7.65. The first-order valence-electron chi connectivity index (χ1n) is 5.51. The molecule has 0 heterocycles. The standard InChI is InChI=1S/C11H19NO4/c1-15-10(13)7-12(8-11(14)16-2)6-5-9-3-4-9/h9H,3-8H2,1-2H3. The number of carbonyl (C=O) groups excluding carboxylic acids is 2. The lowest BCUT2D eigenvalue weighted by Crippen LogP contribution is -2.36. The van der Waals surface area contributed by atoms with Gasteiger partial charge in [0.25, 0.3) is 0 Å². The highest BCUT2D eigenvalue weighted by Gasteiger charge is 2.23. The van der Waals surface area contributed by atoms with Crippen LogP contribution in [0.5, 0.6) is 0 Å². The Morgan fingerprint density at radius 2 is 1.62 bits per heavy atom. The van der Waals surface area contributed by atoms with Crippen molar-refractivity contribution < 1.29 is 19.1 Å². The molecule has 92 valence electrons. The monoisotopic (exact) mass is 229 g/mol. The zero-order valence-electron chi connectivity index (χ0n) is 9.90. The first-order valence-corrected chi connectivity index (χ1v) is 5.51. The summed E-state index contributed by atoms with van der Waals surface area (Å²) >= 11 is 0. The summed E-state index contributed by atoms with van der Waals surface area (Å²) in [5, 5.41) is 0. The van der Waals surface area contributed by atoms with E-state index in [9.17, 15) is 9.59 Å². The molecule has 0 aromatic rings. The number of esters is 2. The van der Waals surface area contributed by atoms with E-state index in [1.54, 1.807) is 4.90 Å². The molecule has 0 bridgehead atoms. The van der Waals surface area contributed by atoms with Gasteiger partial charge in [0.1, 0.15) is 0 Å². The Bertz CT molecular complexity index is 232. The summed E-state index contributed by atoms with van der Waals surface area (Å²) in [4.78, 5) is 24.0. The Balaban J connectivity index is 2.32. The summed E-state index contributed by atoms with van der Waals surface area (Å²) < 4.78 is 9.17. The van der Waals surface area contributed by atoms with Gasteiger partial charge in [-0.05, 0) is 18.9 Å². The summed E-state index contributed by atoms with van der Waals surface area (Å²) in [6.07, 6.45) is 3.57. The summed E-state index contributed by atoms with van der Waals surface area (Å²) in [7, 11) is 2.69. The molecule has 0 spiro atoms. The number of ether oxygens (including phenoxy) is 2. The maximum absolute atomic E-state index is 11.1. The van der Waals surface area contributed by atoms with Crippen molar-refractivity contribution in [3.63, 3.8) is 0 Å². The fraction of sp³-hybridized carbons (Fsp3) is 0.818. The van der Waals surface area contributed by atoms with Crippen molar-refractivity contribution in [2.24, 2.45) is 5.92 Å². The molecule has 0 aromatic carbocycles. The van der Waals surface area contributed by atoms with Gasteiger partial charge in [-0.25, -0.2) is 0 Å². The molecule has 16 heavy (non-hydrogen) atoms. The van der Waals surface area contributed by atoms with E-state index in [2.05, 4.69) is 9.47 Å². The van der Waals surface area contributed by atoms with E-state index >= 15 is 0 Å². The molecule has 5 heteroatoms. The van der Waals surface area contributed by atoms with Gasteiger partial charge in [-0.1, -0.05) is 12.8 Å². The van der Waals surface area contributed by atoms with Crippen molar-refractivity contribution in [1.29, 1.82) is 0 Å².